The van der Waals surface area contributed by atoms with Crippen molar-refractivity contribution in [2.75, 3.05) is 24.2 Å². The largest absolute Gasteiger partial charge is 0.416 e. The summed E-state index contributed by atoms with van der Waals surface area (Å²) < 4.78 is 62.4. The molecule has 14 heteroatoms. The van der Waals surface area contributed by atoms with Crippen LogP contribution in [0.4, 0.5) is 29.2 Å². The van der Waals surface area contributed by atoms with Gasteiger partial charge in [-0.05, 0) is 50.1 Å². The van der Waals surface area contributed by atoms with Gasteiger partial charge < -0.3 is 20.7 Å². The number of ether oxygens (including phenoxy) is 1. The van der Waals surface area contributed by atoms with E-state index in [1.54, 1.807) is 15.5 Å². The average Bonchev–Trinajstić information content (AvgIpc) is 3.60. The first-order valence-corrected chi connectivity index (χ1v) is 13.6. The van der Waals surface area contributed by atoms with Crippen LogP contribution in [0.5, 0.6) is 0 Å². The smallest absolute Gasteiger partial charge is 0.382 e. The zero-order valence-electron chi connectivity index (χ0n) is 23.2. The van der Waals surface area contributed by atoms with Crippen LogP contribution in [-0.2, 0) is 15.7 Å². The third-order valence-electron chi connectivity index (χ3n) is 7.92. The van der Waals surface area contributed by atoms with Crippen LogP contribution >= 0.6 is 0 Å². The highest BCUT2D eigenvalue weighted by Crippen LogP contribution is 2.47. The van der Waals surface area contributed by atoms with Gasteiger partial charge in [-0.15, -0.1) is 0 Å². The maximum Gasteiger partial charge on any atom is 0.416 e. The molecule has 3 N–H and O–H groups in total. The van der Waals surface area contributed by atoms with E-state index in [0.29, 0.717) is 17.4 Å². The number of nitrogens with zero attached hydrogens (tertiary/aromatic N) is 5. The number of benzene rings is 1. The minimum atomic E-state index is -4.62. The van der Waals surface area contributed by atoms with Crippen molar-refractivity contribution in [1.82, 2.24) is 24.3 Å². The Morgan fingerprint density at radius 3 is 2.60 bits per heavy atom. The van der Waals surface area contributed by atoms with Gasteiger partial charge in [0, 0.05) is 35.1 Å². The van der Waals surface area contributed by atoms with Crippen LogP contribution in [-0.4, -0.2) is 55.3 Å². The number of nitrogens with two attached hydrogens (primary N) is 1. The number of fused-ring (bicyclic) bond motifs is 1. The molecule has 43 heavy (non-hydrogen) atoms. The SMILES string of the molecule is C[C@H]1CO[C@@H](c2nc(-c3ccc(C(=O)Nc4cc(C(F)(F)F)ccn4)cc3F)c3c(N)nccn23)CN1C(=O)C1(C)CC1. The van der Waals surface area contributed by atoms with Gasteiger partial charge in [0.2, 0.25) is 5.91 Å². The van der Waals surface area contributed by atoms with Crippen molar-refractivity contribution < 1.29 is 31.9 Å². The lowest BCUT2D eigenvalue weighted by molar-refractivity contribution is -0.150. The number of nitrogen functional groups attached to an aromatic ring is 1. The van der Waals surface area contributed by atoms with Crippen molar-refractivity contribution in [2.24, 2.45) is 5.41 Å². The molecular weight excluding hydrogens is 570 g/mol. The number of hydrogen-bond acceptors (Lipinski definition) is 7. The highest BCUT2D eigenvalue weighted by Gasteiger charge is 2.49. The predicted molar refractivity (Wildman–Crippen MR) is 147 cm³/mol. The number of imidazole rings is 1. The molecule has 1 aliphatic carbocycles. The van der Waals surface area contributed by atoms with Crippen molar-refractivity contribution in [3.8, 4) is 11.3 Å². The number of carbonyl (C=O) groups is 2. The van der Waals surface area contributed by atoms with Crippen molar-refractivity contribution in [3.05, 3.63) is 71.7 Å². The Bertz CT molecular complexity index is 1750. The first kappa shape index (κ1) is 28.5. The molecule has 2 fully saturated rings. The topological polar surface area (TPSA) is 128 Å². The van der Waals surface area contributed by atoms with Crippen LogP contribution in [0.15, 0.2) is 48.9 Å². The highest BCUT2D eigenvalue weighted by atomic mass is 19.4. The maximum absolute atomic E-state index is 15.6. The number of hydrogen-bond donors (Lipinski definition) is 2. The Kier molecular flexibility index (Phi) is 6.83. The van der Waals surface area contributed by atoms with Crippen molar-refractivity contribution in [1.29, 1.82) is 0 Å². The Balaban J connectivity index is 1.31. The minimum absolute atomic E-state index is 0.0137. The van der Waals surface area contributed by atoms with E-state index < -0.39 is 29.6 Å². The fraction of sp³-hybridized carbons (Fsp3) is 0.345. The number of alkyl halides is 3. The number of carbonyl (C=O) groups excluding carboxylic acids is 2. The number of morpholine rings is 1. The molecule has 1 saturated heterocycles. The maximum atomic E-state index is 15.6. The van der Waals surface area contributed by atoms with E-state index in [2.05, 4.69) is 15.3 Å². The van der Waals surface area contributed by atoms with E-state index in [4.69, 9.17) is 15.5 Å². The normalized spacial score (nSPS) is 19.8. The first-order chi connectivity index (χ1) is 20.4. The molecule has 1 aliphatic heterocycles. The van der Waals surface area contributed by atoms with Crippen LogP contribution in [0.1, 0.15) is 54.5 Å². The van der Waals surface area contributed by atoms with Gasteiger partial charge in [-0.25, -0.2) is 19.3 Å². The van der Waals surface area contributed by atoms with E-state index in [9.17, 15) is 22.8 Å². The summed E-state index contributed by atoms with van der Waals surface area (Å²) in [5.74, 6) is -1.46. The summed E-state index contributed by atoms with van der Waals surface area (Å²) in [5, 5.41) is 2.26. The molecule has 1 aromatic carbocycles. The number of amides is 2. The van der Waals surface area contributed by atoms with Gasteiger partial charge in [-0.3, -0.25) is 14.0 Å². The van der Waals surface area contributed by atoms with Gasteiger partial charge in [-0.2, -0.15) is 13.2 Å². The van der Waals surface area contributed by atoms with E-state index in [1.165, 1.54) is 18.3 Å². The number of halogens is 4. The molecule has 4 aromatic rings. The second kappa shape index (κ2) is 10.3. The molecule has 224 valence electrons. The van der Waals surface area contributed by atoms with Gasteiger partial charge >= 0.3 is 6.18 Å². The fourth-order valence-electron chi connectivity index (χ4n) is 5.16. The summed E-state index contributed by atoms with van der Waals surface area (Å²) in [5.41, 5.74) is 5.19. The van der Waals surface area contributed by atoms with Gasteiger partial charge in [-0.1, -0.05) is 6.92 Å². The summed E-state index contributed by atoms with van der Waals surface area (Å²) in [6.07, 6.45) is 0.436. The van der Waals surface area contributed by atoms with Crippen molar-refractivity contribution in [2.45, 2.75) is 45.0 Å². The van der Waals surface area contributed by atoms with Crippen molar-refractivity contribution >= 4 is 29.0 Å². The number of nitrogens with one attached hydrogen (secondary N) is 1. The third kappa shape index (κ3) is 5.26. The Hall–Kier alpha value is -4.59. The van der Waals surface area contributed by atoms with Crippen LogP contribution in [0.2, 0.25) is 0 Å². The van der Waals surface area contributed by atoms with Gasteiger partial charge in [0.05, 0.1) is 24.8 Å². The van der Waals surface area contributed by atoms with Gasteiger partial charge in [0.1, 0.15) is 40.6 Å². The third-order valence-corrected chi connectivity index (χ3v) is 7.92. The second-order valence-electron chi connectivity index (χ2n) is 11.1. The number of aromatic nitrogens is 4. The average molecular weight is 598 g/mol. The lowest BCUT2D eigenvalue weighted by Crippen LogP contribution is -2.50. The number of anilines is 2. The molecule has 0 radical (unpaired) electrons. The van der Waals surface area contributed by atoms with Gasteiger partial charge in [0.15, 0.2) is 0 Å². The van der Waals surface area contributed by atoms with Crippen LogP contribution < -0.4 is 11.1 Å². The minimum Gasteiger partial charge on any atom is -0.382 e. The molecule has 0 bridgehead atoms. The molecule has 2 aliphatic rings. The Morgan fingerprint density at radius 2 is 1.91 bits per heavy atom. The van der Waals surface area contributed by atoms with Crippen LogP contribution in [0.3, 0.4) is 0 Å². The van der Waals surface area contributed by atoms with E-state index in [0.717, 1.165) is 31.2 Å². The van der Waals surface area contributed by atoms with Crippen LogP contribution in [0, 0.1) is 11.2 Å². The number of rotatable bonds is 5. The van der Waals surface area contributed by atoms with E-state index in [1.807, 2.05) is 13.8 Å². The summed E-state index contributed by atoms with van der Waals surface area (Å²) in [6.45, 7) is 4.41. The zero-order chi connectivity index (χ0) is 30.7. The van der Waals surface area contributed by atoms with Gasteiger partial charge in [0.25, 0.3) is 5.91 Å². The van der Waals surface area contributed by atoms with Crippen molar-refractivity contribution in [3.63, 3.8) is 0 Å². The van der Waals surface area contributed by atoms with E-state index >= 15 is 4.39 Å². The summed E-state index contributed by atoms with van der Waals surface area (Å²) >= 11 is 0. The molecule has 6 rings (SSSR count). The molecule has 1 saturated carbocycles. The lowest BCUT2D eigenvalue weighted by Gasteiger charge is -2.39. The molecule has 3 aromatic heterocycles. The zero-order valence-corrected chi connectivity index (χ0v) is 23.2. The summed E-state index contributed by atoms with van der Waals surface area (Å²) in [4.78, 5) is 40.3. The quantitative estimate of drug-likeness (QED) is 0.314. The fourth-order valence-corrected chi connectivity index (χ4v) is 5.16. The Morgan fingerprint density at radius 1 is 1.14 bits per heavy atom. The Labute approximate surface area is 242 Å². The molecule has 0 spiro atoms. The molecule has 10 nitrogen and oxygen atoms in total. The summed E-state index contributed by atoms with van der Waals surface area (Å²) in [7, 11) is 0. The second-order valence-corrected chi connectivity index (χ2v) is 11.1. The summed E-state index contributed by atoms with van der Waals surface area (Å²) in [6, 6.07) is 4.93. The lowest BCUT2D eigenvalue weighted by atomic mass is 10.1. The predicted octanol–water partition coefficient (Wildman–Crippen LogP) is 4.87. The monoisotopic (exact) mass is 597 g/mol. The molecular formula is C29H27F4N7O3. The standard InChI is InChI=1S/C29H27F4N7O3/c1-15-14-43-20(13-40(15)27(42)28(2)6-7-28)25-38-22(23-24(34)36-9-10-39(23)25)18-4-3-16(11-19(18)30)26(41)37-21-12-17(5-8-35-21)29(31,32)33/h3-5,8-12,15,20H,6-7,13-14H2,1-2H3,(H2,34,36)(H,35,37,41)/t15-,20+/m0/s1. The highest BCUT2D eigenvalue weighted by molar-refractivity contribution is 6.04. The number of pyridine rings is 1. The van der Waals surface area contributed by atoms with Crippen LogP contribution in [0.25, 0.3) is 16.8 Å². The molecule has 2 atom stereocenters. The molecule has 0 unspecified atom stereocenters. The molecule has 4 heterocycles. The van der Waals surface area contributed by atoms with E-state index in [-0.39, 0.29) is 59.0 Å². The molecule has 2 amide bonds. The first-order valence-electron chi connectivity index (χ1n) is 13.6.